The van der Waals surface area contributed by atoms with E-state index in [2.05, 4.69) is 10.5 Å². The van der Waals surface area contributed by atoms with Gasteiger partial charge < -0.3 is 9.84 Å². The van der Waals surface area contributed by atoms with Crippen LogP contribution in [0, 0.1) is 12.7 Å². The van der Waals surface area contributed by atoms with Gasteiger partial charge in [-0.25, -0.2) is 4.39 Å². The van der Waals surface area contributed by atoms with Gasteiger partial charge in [0.05, 0.1) is 0 Å². The fraction of sp³-hybridized carbons (Fsp3) is 0.158. The highest BCUT2D eigenvalue weighted by Gasteiger charge is 2.16. The normalized spacial score (nSPS) is 10.6. The molecule has 0 radical (unpaired) electrons. The SMILES string of the molecule is CC(=O)c1noc(C)c1Nc1ccc(Cc2ccc(F)cc2)cc1. The molecule has 0 fully saturated rings. The summed E-state index contributed by atoms with van der Waals surface area (Å²) in [6.07, 6.45) is 0.728. The number of carbonyl (C=O) groups is 1. The summed E-state index contributed by atoms with van der Waals surface area (Å²) in [5.41, 5.74) is 3.88. The Morgan fingerprint density at radius 2 is 1.67 bits per heavy atom. The molecule has 0 aliphatic heterocycles. The topological polar surface area (TPSA) is 55.1 Å². The van der Waals surface area contributed by atoms with Gasteiger partial charge in [-0.3, -0.25) is 4.79 Å². The third kappa shape index (κ3) is 3.51. The van der Waals surface area contributed by atoms with Crippen molar-refractivity contribution in [2.75, 3.05) is 5.32 Å². The summed E-state index contributed by atoms with van der Waals surface area (Å²) in [6, 6.07) is 14.3. The number of nitrogens with zero attached hydrogens (tertiary/aromatic N) is 1. The molecule has 0 bridgehead atoms. The van der Waals surface area contributed by atoms with Gasteiger partial charge in [0.15, 0.2) is 17.2 Å². The molecule has 0 atom stereocenters. The van der Waals surface area contributed by atoms with Crippen molar-refractivity contribution in [3.8, 4) is 0 Å². The fourth-order valence-electron chi connectivity index (χ4n) is 2.45. The Balaban J connectivity index is 1.74. The van der Waals surface area contributed by atoms with Crippen LogP contribution in [0.25, 0.3) is 0 Å². The number of ketones is 1. The predicted molar refractivity (Wildman–Crippen MR) is 90.2 cm³/mol. The predicted octanol–water partition coefficient (Wildman–Crippen LogP) is 4.66. The maximum atomic E-state index is 12.9. The van der Waals surface area contributed by atoms with E-state index in [-0.39, 0.29) is 11.6 Å². The second-order valence-corrected chi connectivity index (χ2v) is 5.64. The molecule has 0 aliphatic carbocycles. The van der Waals surface area contributed by atoms with Crippen molar-refractivity contribution >= 4 is 17.2 Å². The zero-order chi connectivity index (χ0) is 17.1. The van der Waals surface area contributed by atoms with Crippen LogP contribution in [0.4, 0.5) is 15.8 Å². The number of anilines is 2. The van der Waals surface area contributed by atoms with Crippen molar-refractivity contribution < 1.29 is 13.7 Å². The Bertz CT molecular complexity index is 852. The van der Waals surface area contributed by atoms with Gasteiger partial charge in [-0.1, -0.05) is 29.4 Å². The Kier molecular flexibility index (Phi) is 4.42. The van der Waals surface area contributed by atoms with Gasteiger partial charge in [-0.05, 0) is 48.7 Å². The summed E-state index contributed by atoms with van der Waals surface area (Å²) in [4.78, 5) is 11.6. The highest BCUT2D eigenvalue weighted by Crippen LogP contribution is 2.25. The second-order valence-electron chi connectivity index (χ2n) is 5.64. The molecule has 0 spiro atoms. The van der Waals surface area contributed by atoms with Crippen LogP contribution < -0.4 is 5.32 Å². The van der Waals surface area contributed by atoms with E-state index in [0.717, 1.165) is 23.2 Å². The van der Waals surface area contributed by atoms with Crippen molar-refractivity contribution in [2.45, 2.75) is 20.3 Å². The van der Waals surface area contributed by atoms with E-state index in [4.69, 9.17) is 4.52 Å². The first-order valence-electron chi connectivity index (χ1n) is 7.60. The van der Waals surface area contributed by atoms with Gasteiger partial charge in [0, 0.05) is 12.6 Å². The third-order valence-corrected chi connectivity index (χ3v) is 3.74. The summed E-state index contributed by atoms with van der Waals surface area (Å²) < 4.78 is 18.0. The first kappa shape index (κ1) is 15.9. The molecular weight excluding hydrogens is 307 g/mol. The van der Waals surface area contributed by atoms with Crippen LogP contribution in [-0.2, 0) is 6.42 Å². The van der Waals surface area contributed by atoms with Crippen molar-refractivity contribution in [3.63, 3.8) is 0 Å². The van der Waals surface area contributed by atoms with E-state index in [1.807, 2.05) is 24.3 Å². The number of nitrogens with one attached hydrogen (secondary N) is 1. The lowest BCUT2D eigenvalue weighted by Crippen LogP contribution is -2.00. The molecule has 1 heterocycles. The highest BCUT2D eigenvalue weighted by atomic mass is 19.1. The van der Waals surface area contributed by atoms with Crippen molar-refractivity contribution in [1.29, 1.82) is 0 Å². The zero-order valence-corrected chi connectivity index (χ0v) is 13.5. The van der Waals surface area contributed by atoms with Crippen LogP contribution in [-0.4, -0.2) is 10.9 Å². The quantitative estimate of drug-likeness (QED) is 0.694. The van der Waals surface area contributed by atoms with Gasteiger partial charge in [0.1, 0.15) is 11.5 Å². The van der Waals surface area contributed by atoms with Gasteiger partial charge in [-0.15, -0.1) is 0 Å². The molecule has 2 aromatic carbocycles. The van der Waals surface area contributed by atoms with E-state index in [0.29, 0.717) is 17.1 Å². The number of aromatic nitrogens is 1. The van der Waals surface area contributed by atoms with Crippen LogP contribution in [0.2, 0.25) is 0 Å². The molecule has 0 unspecified atom stereocenters. The number of halogens is 1. The van der Waals surface area contributed by atoms with E-state index in [1.165, 1.54) is 19.1 Å². The summed E-state index contributed by atoms with van der Waals surface area (Å²) in [7, 11) is 0. The average molecular weight is 324 g/mol. The summed E-state index contributed by atoms with van der Waals surface area (Å²) in [5.74, 6) is 0.182. The first-order chi connectivity index (χ1) is 11.5. The lowest BCUT2D eigenvalue weighted by Gasteiger charge is -2.07. The van der Waals surface area contributed by atoms with E-state index < -0.39 is 0 Å². The van der Waals surface area contributed by atoms with Crippen LogP contribution >= 0.6 is 0 Å². The number of hydrogen-bond acceptors (Lipinski definition) is 4. The van der Waals surface area contributed by atoms with Gasteiger partial charge in [0.25, 0.3) is 0 Å². The lowest BCUT2D eigenvalue weighted by molar-refractivity contribution is 0.101. The smallest absolute Gasteiger partial charge is 0.183 e. The molecule has 122 valence electrons. The van der Waals surface area contributed by atoms with Crippen LogP contribution in [0.15, 0.2) is 53.1 Å². The van der Waals surface area contributed by atoms with E-state index in [1.54, 1.807) is 19.1 Å². The molecule has 1 N–H and O–H groups in total. The summed E-state index contributed by atoms with van der Waals surface area (Å²) in [5, 5.41) is 6.95. The van der Waals surface area contributed by atoms with Crippen LogP contribution in [0.5, 0.6) is 0 Å². The van der Waals surface area contributed by atoms with E-state index in [9.17, 15) is 9.18 Å². The standard InChI is InChI=1S/C19H17FN2O2/c1-12(23)18-19(13(2)24-22-18)21-17-9-5-15(6-10-17)11-14-3-7-16(20)8-4-14/h3-10,21H,11H2,1-2H3. The Morgan fingerprint density at radius 1 is 1.08 bits per heavy atom. The maximum Gasteiger partial charge on any atom is 0.183 e. The molecule has 0 saturated carbocycles. The van der Waals surface area contributed by atoms with E-state index >= 15 is 0 Å². The minimum atomic E-state index is -0.233. The monoisotopic (exact) mass is 324 g/mol. The first-order valence-corrected chi connectivity index (χ1v) is 7.60. The summed E-state index contributed by atoms with van der Waals surface area (Å²) in [6.45, 7) is 3.21. The maximum absolute atomic E-state index is 12.9. The van der Waals surface area contributed by atoms with Crippen molar-refractivity contribution in [1.82, 2.24) is 5.16 Å². The lowest BCUT2D eigenvalue weighted by atomic mass is 10.0. The summed E-state index contributed by atoms with van der Waals surface area (Å²) >= 11 is 0. The average Bonchev–Trinajstić information content (AvgIpc) is 2.93. The molecule has 0 amide bonds. The molecule has 0 aliphatic rings. The molecule has 3 aromatic rings. The fourth-order valence-corrected chi connectivity index (χ4v) is 2.45. The van der Waals surface area contributed by atoms with Gasteiger partial charge >= 0.3 is 0 Å². The minimum absolute atomic E-state index is 0.151. The Labute approximate surface area is 139 Å². The minimum Gasteiger partial charge on any atom is -0.359 e. The molecule has 1 aromatic heterocycles. The number of rotatable bonds is 5. The number of carbonyl (C=O) groups excluding carboxylic acids is 1. The van der Waals surface area contributed by atoms with Crippen LogP contribution in [0.3, 0.4) is 0 Å². The van der Waals surface area contributed by atoms with Crippen molar-refractivity contribution in [3.05, 3.63) is 76.9 Å². The molecule has 5 heteroatoms. The molecule has 24 heavy (non-hydrogen) atoms. The largest absolute Gasteiger partial charge is 0.359 e. The van der Waals surface area contributed by atoms with Crippen molar-refractivity contribution in [2.24, 2.45) is 0 Å². The van der Waals surface area contributed by atoms with Gasteiger partial charge in [-0.2, -0.15) is 0 Å². The molecule has 4 nitrogen and oxygen atoms in total. The number of hydrogen-bond donors (Lipinski definition) is 1. The Hall–Kier alpha value is -2.95. The Morgan fingerprint density at radius 3 is 2.25 bits per heavy atom. The van der Waals surface area contributed by atoms with Gasteiger partial charge in [0.2, 0.25) is 0 Å². The molecular formula is C19H17FN2O2. The third-order valence-electron chi connectivity index (χ3n) is 3.74. The zero-order valence-electron chi connectivity index (χ0n) is 13.5. The second kappa shape index (κ2) is 6.66. The van der Waals surface area contributed by atoms with Crippen LogP contribution in [0.1, 0.15) is 34.3 Å². The highest BCUT2D eigenvalue weighted by molar-refractivity contribution is 5.98. The number of aryl methyl sites for hydroxylation is 1. The molecule has 0 saturated heterocycles. The number of Topliss-reactive ketones (excluding diaryl/α,β-unsaturated/α-hetero) is 1. The number of benzene rings is 2. The molecule has 3 rings (SSSR count).